The molecule has 4 rings (SSSR count). The number of nitro groups is 1. The zero-order valence-corrected chi connectivity index (χ0v) is 18.4. The van der Waals surface area contributed by atoms with Crippen LogP contribution in [0.5, 0.6) is 0 Å². The fraction of sp³-hybridized carbons (Fsp3) is 0.0909. The predicted octanol–water partition coefficient (Wildman–Crippen LogP) is 6.63. The second-order valence-corrected chi connectivity index (χ2v) is 8.56. The van der Waals surface area contributed by atoms with E-state index in [1.54, 1.807) is 24.3 Å². The first-order valence-electron chi connectivity index (χ1n) is 9.23. The van der Waals surface area contributed by atoms with E-state index in [9.17, 15) is 14.9 Å². The molecule has 0 radical (unpaired) electrons. The average Bonchev–Trinajstić information content (AvgIpc) is 3.37. The molecule has 0 fully saturated rings. The minimum absolute atomic E-state index is 0.0194. The molecule has 2 aromatic carbocycles. The van der Waals surface area contributed by atoms with Crippen LogP contribution < -0.4 is 0 Å². The predicted molar refractivity (Wildman–Crippen MR) is 123 cm³/mol. The number of rotatable bonds is 7. The Morgan fingerprint density at radius 3 is 2.71 bits per heavy atom. The Morgan fingerprint density at radius 2 is 2.00 bits per heavy atom. The highest BCUT2D eigenvalue weighted by Gasteiger charge is 2.15. The molecular formula is C22H15BrN2O5S. The van der Waals surface area contributed by atoms with E-state index in [2.05, 4.69) is 20.9 Å². The lowest BCUT2D eigenvalue weighted by Crippen LogP contribution is -1.95. The Morgan fingerprint density at radius 1 is 1.19 bits per heavy atom. The Labute approximate surface area is 188 Å². The number of fused-ring (bicyclic) bond motifs is 1. The lowest BCUT2D eigenvalue weighted by Gasteiger charge is -2.03. The summed E-state index contributed by atoms with van der Waals surface area (Å²) < 4.78 is 7.50. The number of furan rings is 1. The van der Waals surface area contributed by atoms with Crippen LogP contribution in [0.3, 0.4) is 0 Å². The zero-order valence-electron chi connectivity index (χ0n) is 15.9. The SMILES string of the molecule is O=C(O)CCC(=Cc1ccc(-c2ccc([N+](=O)[O-])cc2Br)o1)c1nc2ccccc2s1. The van der Waals surface area contributed by atoms with Crippen LogP contribution in [0.4, 0.5) is 5.69 Å². The number of hydrogen-bond acceptors (Lipinski definition) is 6. The third-order valence-electron chi connectivity index (χ3n) is 4.55. The lowest BCUT2D eigenvalue weighted by atomic mass is 10.1. The zero-order chi connectivity index (χ0) is 22.0. The smallest absolute Gasteiger partial charge is 0.303 e. The molecule has 0 saturated carbocycles. The van der Waals surface area contributed by atoms with Gasteiger partial charge in [-0.1, -0.05) is 12.1 Å². The van der Waals surface area contributed by atoms with Gasteiger partial charge in [-0.3, -0.25) is 14.9 Å². The van der Waals surface area contributed by atoms with E-state index in [0.717, 1.165) is 20.8 Å². The Kier molecular flexibility index (Phi) is 5.97. The van der Waals surface area contributed by atoms with Crippen molar-refractivity contribution in [3.8, 4) is 11.3 Å². The summed E-state index contributed by atoms with van der Waals surface area (Å²) in [5, 5.41) is 20.8. The number of nitrogens with zero attached hydrogens (tertiary/aromatic N) is 2. The number of benzene rings is 2. The molecule has 0 aliphatic carbocycles. The molecule has 31 heavy (non-hydrogen) atoms. The number of carboxylic acid groups (broad SMARTS) is 1. The highest BCUT2D eigenvalue weighted by atomic mass is 79.9. The summed E-state index contributed by atoms with van der Waals surface area (Å²) in [6, 6.07) is 15.7. The van der Waals surface area contributed by atoms with Crippen LogP contribution >= 0.6 is 27.3 Å². The minimum atomic E-state index is -0.887. The van der Waals surface area contributed by atoms with Crippen molar-refractivity contribution in [2.45, 2.75) is 12.8 Å². The largest absolute Gasteiger partial charge is 0.481 e. The maximum atomic E-state index is 11.1. The number of carboxylic acids is 1. The van der Waals surface area contributed by atoms with E-state index in [-0.39, 0.29) is 12.1 Å². The van der Waals surface area contributed by atoms with Crippen LogP contribution in [-0.2, 0) is 4.79 Å². The number of non-ortho nitro benzene ring substituents is 1. The van der Waals surface area contributed by atoms with E-state index >= 15 is 0 Å². The van der Waals surface area contributed by atoms with Gasteiger partial charge in [0, 0.05) is 28.6 Å². The number of para-hydroxylation sites is 1. The molecule has 156 valence electrons. The van der Waals surface area contributed by atoms with E-state index < -0.39 is 10.9 Å². The monoisotopic (exact) mass is 498 g/mol. The number of carbonyl (C=O) groups is 1. The molecule has 2 aromatic heterocycles. The third kappa shape index (κ3) is 4.73. The van der Waals surface area contributed by atoms with Crippen molar-refractivity contribution in [2.24, 2.45) is 0 Å². The van der Waals surface area contributed by atoms with E-state index in [1.807, 2.05) is 24.3 Å². The molecule has 9 heteroatoms. The second-order valence-electron chi connectivity index (χ2n) is 6.67. The van der Waals surface area contributed by atoms with Crippen molar-refractivity contribution in [1.29, 1.82) is 0 Å². The van der Waals surface area contributed by atoms with Gasteiger partial charge in [0.15, 0.2) is 0 Å². The van der Waals surface area contributed by atoms with Crippen LogP contribution in [0.2, 0.25) is 0 Å². The number of thiazole rings is 1. The van der Waals surface area contributed by atoms with Gasteiger partial charge in [0.05, 0.1) is 15.1 Å². The molecule has 0 aliphatic rings. The van der Waals surface area contributed by atoms with E-state index in [0.29, 0.717) is 28.0 Å². The highest BCUT2D eigenvalue weighted by Crippen LogP contribution is 2.35. The first-order valence-corrected chi connectivity index (χ1v) is 10.8. The summed E-state index contributed by atoms with van der Waals surface area (Å²) in [6.45, 7) is 0. The van der Waals surface area contributed by atoms with Crippen molar-refractivity contribution >= 4 is 60.8 Å². The number of aliphatic carboxylic acids is 1. The summed E-state index contributed by atoms with van der Waals surface area (Å²) in [5.74, 6) is 0.191. The van der Waals surface area contributed by atoms with Crippen LogP contribution in [0.15, 0.2) is 63.5 Å². The highest BCUT2D eigenvalue weighted by molar-refractivity contribution is 9.10. The van der Waals surface area contributed by atoms with Gasteiger partial charge < -0.3 is 9.52 Å². The van der Waals surface area contributed by atoms with E-state index in [1.165, 1.54) is 23.5 Å². The molecule has 0 saturated heterocycles. The Balaban J connectivity index is 1.69. The van der Waals surface area contributed by atoms with Gasteiger partial charge >= 0.3 is 5.97 Å². The molecule has 0 atom stereocenters. The summed E-state index contributed by atoms with van der Waals surface area (Å²) >= 11 is 4.86. The summed E-state index contributed by atoms with van der Waals surface area (Å²) in [5.41, 5.74) is 2.29. The number of halogens is 1. The Bertz CT molecular complexity index is 1290. The fourth-order valence-electron chi connectivity index (χ4n) is 3.06. The van der Waals surface area contributed by atoms with Crippen LogP contribution in [0, 0.1) is 10.1 Å². The molecular weight excluding hydrogens is 484 g/mol. The molecule has 2 heterocycles. The topological polar surface area (TPSA) is 106 Å². The molecule has 1 N–H and O–H groups in total. The summed E-state index contributed by atoms with van der Waals surface area (Å²) in [6.07, 6.45) is 2.08. The van der Waals surface area contributed by atoms with Gasteiger partial charge in [-0.05, 0) is 64.3 Å². The van der Waals surface area contributed by atoms with Gasteiger partial charge in [0.2, 0.25) is 0 Å². The van der Waals surface area contributed by atoms with Crippen LogP contribution in [0.1, 0.15) is 23.6 Å². The molecule has 4 aromatic rings. The van der Waals surface area contributed by atoms with Gasteiger partial charge in [-0.25, -0.2) is 4.98 Å². The molecule has 7 nitrogen and oxygen atoms in total. The fourth-order valence-corrected chi connectivity index (χ4v) is 4.63. The molecule has 0 unspecified atom stereocenters. The van der Waals surface area contributed by atoms with Gasteiger partial charge in [-0.15, -0.1) is 11.3 Å². The van der Waals surface area contributed by atoms with Crippen molar-refractivity contribution in [3.05, 3.63) is 80.0 Å². The molecule has 0 amide bonds. The van der Waals surface area contributed by atoms with Gasteiger partial charge in [0.25, 0.3) is 5.69 Å². The average molecular weight is 499 g/mol. The number of aromatic nitrogens is 1. The number of nitro benzene ring substituents is 1. The maximum Gasteiger partial charge on any atom is 0.303 e. The maximum absolute atomic E-state index is 11.1. The third-order valence-corrected chi connectivity index (χ3v) is 6.32. The quantitative estimate of drug-likeness (QED) is 0.226. The number of hydrogen-bond donors (Lipinski definition) is 1. The molecule has 0 bridgehead atoms. The minimum Gasteiger partial charge on any atom is -0.481 e. The first kappa shape index (κ1) is 21.0. The normalized spacial score (nSPS) is 11.7. The van der Waals surface area contributed by atoms with Crippen molar-refractivity contribution in [2.75, 3.05) is 0 Å². The lowest BCUT2D eigenvalue weighted by molar-refractivity contribution is -0.384. The van der Waals surface area contributed by atoms with E-state index in [4.69, 9.17) is 9.52 Å². The summed E-state index contributed by atoms with van der Waals surface area (Å²) in [7, 11) is 0. The van der Waals surface area contributed by atoms with Gasteiger partial charge in [-0.2, -0.15) is 0 Å². The molecule has 0 spiro atoms. The van der Waals surface area contributed by atoms with Crippen LogP contribution in [0.25, 0.3) is 33.2 Å². The first-order chi connectivity index (χ1) is 14.9. The number of allylic oxidation sites excluding steroid dienone is 1. The van der Waals surface area contributed by atoms with Crippen molar-refractivity contribution in [1.82, 2.24) is 4.98 Å². The van der Waals surface area contributed by atoms with Crippen molar-refractivity contribution in [3.63, 3.8) is 0 Å². The Hall–Kier alpha value is -3.30. The van der Waals surface area contributed by atoms with Gasteiger partial charge in [0.1, 0.15) is 16.5 Å². The summed E-state index contributed by atoms with van der Waals surface area (Å²) in [4.78, 5) is 26.3. The second kappa shape index (κ2) is 8.83. The standard InChI is InChI=1S/C22H15BrN2O5S/c23-17-12-14(25(28)29)6-8-16(17)19-9-7-15(30-19)11-13(5-10-21(26)27)22-24-18-3-1-2-4-20(18)31-22/h1-4,6-9,11-12H,5,10H2,(H,26,27). The van der Waals surface area contributed by atoms with Crippen molar-refractivity contribution < 1.29 is 19.2 Å². The van der Waals surface area contributed by atoms with Crippen LogP contribution in [-0.4, -0.2) is 21.0 Å². The molecule has 0 aliphatic heterocycles.